The van der Waals surface area contributed by atoms with Crippen LogP contribution in [0.5, 0.6) is 11.5 Å². The first-order chi connectivity index (χ1) is 18.7. The summed E-state index contributed by atoms with van der Waals surface area (Å²) in [5.74, 6) is -2.66. The van der Waals surface area contributed by atoms with E-state index in [-0.39, 0.29) is 20.3 Å². The summed E-state index contributed by atoms with van der Waals surface area (Å²) >= 11 is 16.7. The number of phenolic OH excluding ortho intramolecular Hbond substituents is 2. The van der Waals surface area contributed by atoms with Gasteiger partial charge >= 0.3 is 42.7 Å². The number of carbonyl (C=O) groups is 3. The first-order valence-corrected chi connectivity index (χ1v) is 17.7. The number of hydrogen-bond acceptors (Lipinski definition) is 5. The SMILES string of the molecule is BrB(Br)Br.CC(=O)/C=C/c1ccc(F)c(O)c1.Cc1cc(C=O)ccc1F.O=Cc1ccc(F)c(O)c1.[Br][Cu][Br]. The van der Waals surface area contributed by atoms with Gasteiger partial charge < -0.3 is 10.2 Å². The van der Waals surface area contributed by atoms with Gasteiger partial charge in [0, 0.05) is 11.1 Å². The number of benzene rings is 3. The molecule has 0 unspecified atom stereocenters. The van der Waals surface area contributed by atoms with E-state index in [4.69, 9.17) is 10.2 Å². The Hall–Kier alpha value is -1.22. The van der Waals surface area contributed by atoms with Crippen molar-refractivity contribution in [1.29, 1.82) is 0 Å². The van der Waals surface area contributed by atoms with Gasteiger partial charge in [-0.25, -0.2) is 13.2 Å². The van der Waals surface area contributed by atoms with Gasteiger partial charge in [-0.3, -0.25) is 14.4 Å². The summed E-state index contributed by atoms with van der Waals surface area (Å²) in [4.78, 5) is 30.7. The molecular formula is C25H21BBr5CuF3O5. The molecule has 2 N–H and O–H groups in total. The normalized spacial score (nSPS) is 9.35. The Balaban J connectivity index is 0. The summed E-state index contributed by atoms with van der Waals surface area (Å²) in [6, 6.07) is 11.6. The first-order valence-electron chi connectivity index (χ1n) is 10.3. The molecule has 0 aliphatic rings. The van der Waals surface area contributed by atoms with Crippen molar-refractivity contribution >= 4 is 103 Å². The van der Waals surface area contributed by atoms with Crippen molar-refractivity contribution in [3.05, 3.63) is 100 Å². The van der Waals surface area contributed by atoms with Gasteiger partial charge in [0.05, 0.1) is 0 Å². The molecule has 5 nitrogen and oxygen atoms in total. The van der Waals surface area contributed by atoms with Crippen molar-refractivity contribution in [2.24, 2.45) is 0 Å². The number of rotatable bonds is 4. The zero-order valence-electron chi connectivity index (χ0n) is 20.5. The van der Waals surface area contributed by atoms with E-state index in [1.165, 1.54) is 66.8 Å². The van der Waals surface area contributed by atoms with E-state index >= 15 is 0 Å². The van der Waals surface area contributed by atoms with Crippen molar-refractivity contribution in [3.8, 4) is 11.5 Å². The van der Waals surface area contributed by atoms with E-state index in [0.717, 1.165) is 18.2 Å². The van der Waals surface area contributed by atoms with Gasteiger partial charge in [0.15, 0.2) is 28.9 Å². The number of hydrogen-bond donors (Lipinski definition) is 2. The second-order valence-corrected chi connectivity index (χ2v) is 18.1. The Morgan fingerprint density at radius 1 is 0.775 bits per heavy atom. The number of allylic oxidation sites excluding steroid dienone is 1. The molecule has 0 aliphatic heterocycles. The quantitative estimate of drug-likeness (QED) is 0.155. The summed E-state index contributed by atoms with van der Waals surface area (Å²) in [5, 5.41) is 17.7. The zero-order chi connectivity index (χ0) is 31.3. The number of halogens is 8. The van der Waals surface area contributed by atoms with Gasteiger partial charge in [-0.05, 0) is 79.6 Å². The average Bonchev–Trinajstić information content (AvgIpc) is 2.89. The predicted octanol–water partition coefficient (Wildman–Crippen LogP) is 9.27. The molecule has 0 saturated heterocycles. The molecular weight excluding hydrogens is 911 g/mol. The van der Waals surface area contributed by atoms with Crippen LogP contribution in [0.25, 0.3) is 6.08 Å². The van der Waals surface area contributed by atoms with Crippen LogP contribution in [0.15, 0.2) is 60.7 Å². The Morgan fingerprint density at radius 2 is 1.12 bits per heavy atom. The number of phenols is 2. The fourth-order valence-electron chi connectivity index (χ4n) is 2.19. The maximum atomic E-state index is 12.6. The topological polar surface area (TPSA) is 91.7 Å². The standard InChI is InChI=1S/C10H9FO2.C8H7FO.C7H5FO2.BBr3.2BrH.Cu/c1-7(12)2-3-8-4-5-9(11)10(13)6-8;1-6-4-7(5-10)2-3-8(6)9;8-6-2-1-5(4-9)3-7(6)10;2-1(3)4;;;/h2-6,13H,1H3;2-5H,1H3;1-4,10H;;2*1H;/q;;;;;;+2/p-2/b3-2+;;;;;;. The molecule has 0 spiro atoms. The van der Waals surface area contributed by atoms with Crippen LogP contribution in [-0.4, -0.2) is 31.8 Å². The molecule has 0 atom stereocenters. The third kappa shape index (κ3) is 21.5. The fraction of sp³-hybridized carbons (Fsp3) is 0.0800. The molecule has 0 radical (unpaired) electrons. The maximum absolute atomic E-state index is 12.6. The summed E-state index contributed by atoms with van der Waals surface area (Å²) < 4.78 is 37.6. The van der Waals surface area contributed by atoms with E-state index in [2.05, 4.69) is 75.5 Å². The van der Waals surface area contributed by atoms with Crippen LogP contribution in [0.1, 0.15) is 38.8 Å². The van der Waals surface area contributed by atoms with Crippen molar-refractivity contribution in [2.45, 2.75) is 13.8 Å². The summed E-state index contributed by atoms with van der Waals surface area (Å²) in [6.07, 6.45) is 4.11. The van der Waals surface area contributed by atoms with Crippen molar-refractivity contribution in [3.63, 3.8) is 0 Å². The molecule has 3 aromatic rings. The van der Waals surface area contributed by atoms with Gasteiger partial charge in [-0.2, -0.15) is 0 Å². The van der Waals surface area contributed by atoms with Gasteiger partial charge in [0.2, 0.25) is 0 Å². The molecule has 0 heterocycles. The molecule has 0 aromatic heterocycles. The molecule has 15 heteroatoms. The second-order valence-electron chi connectivity index (χ2n) is 6.90. The van der Waals surface area contributed by atoms with Gasteiger partial charge in [-0.1, -0.05) is 12.1 Å². The zero-order valence-corrected chi connectivity index (χ0v) is 29.4. The van der Waals surface area contributed by atoms with Crippen LogP contribution in [0.4, 0.5) is 13.2 Å². The second kappa shape index (κ2) is 24.4. The third-order valence-electron chi connectivity index (χ3n) is 3.91. The number of aromatic hydroxyl groups is 2. The predicted molar refractivity (Wildman–Crippen MR) is 168 cm³/mol. The molecule has 0 fully saturated rings. The molecule has 3 rings (SSSR count). The van der Waals surface area contributed by atoms with Crippen LogP contribution in [0, 0.1) is 24.4 Å². The minimum absolute atomic E-state index is 0.0937. The Labute approximate surface area is 275 Å². The fourth-order valence-corrected chi connectivity index (χ4v) is 2.19. The average molecular weight is 932 g/mol. The summed E-state index contributed by atoms with van der Waals surface area (Å²) in [7, 11) is 0. The summed E-state index contributed by atoms with van der Waals surface area (Å²) in [6.45, 7) is 3.04. The van der Waals surface area contributed by atoms with E-state index in [9.17, 15) is 27.6 Å². The number of ketones is 1. The van der Waals surface area contributed by atoms with Crippen LogP contribution in [0.2, 0.25) is 0 Å². The van der Waals surface area contributed by atoms with Crippen LogP contribution >= 0.6 is 75.5 Å². The molecule has 0 aliphatic carbocycles. The van der Waals surface area contributed by atoms with Gasteiger partial charge in [0.25, 0.3) is 0 Å². The Kier molecular flexibility index (Phi) is 25.0. The van der Waals surface area contributed by atoms with Crippen LogP contribution < -0.4 is 0 Å². The van der Waals surface area contributed by atoms with Gasteiger partial charge in [0.1, 0.15) is 18.4 Å². The van der Waals surface area contributed by atoms with Crippen molar-refractivity contribution < 1.29 is 49.1 Å². The molecule has 0 bridgehead atoms. The van der Waals surface area contributed by atoms with E-state index in [1.54, 1.807) is 6.92 Å². The van der Waals surface area contributed by atoms with Crippen molar-refractivity contribution in [2.75, 3.05) is 0 Å². The van der Waals surface area contributed by atoms with Crippen molar-refractivity contribution in [1.82, 2.24) is 0 Å². The molecule has 0 amide bonds. The monoisotopic (exact) mass is 927 g/mol. The minimum atomic E-state index is -0.717. The molecule has 0 saturated carbocycles. The number of carbonyl (C=O) groups excluding carboxylic acids is 3. The van der Waals surface area contributed by atoms with E-state index in [0.29, 0.717) is 29.3 Å². The molecule has 40 heavy (non-hydrogen) atoms. The molecule has 221 valence electrons. The number of aryl methyl sites for hydroxylation is 1. The Bertz CT molecular complexity index is 1200. The van der Waals surface area contributed by atoms with Crippen LogP contribution in [-0.2, 0) is 16.1 Å². The molecule has 3 aromatic carbocycles. The van der Waals surface area contributed by atoms with Crippen LogP contribution in [0.3, 0.4) is 0 Å². The first kappa shape index (κ1) is 40.9. The van der Waals surface area contributed by atoms with E-state index in [1.807, 2.05) is 0 Å². The summed E-state index contributed by atoms with van der Waals surface area (Å²) in [5.41, 5.74) is 1.87. The van der Waals surface area contributed by atoms with Gasteiger partial charge in [-0.15, -0.1) is 47.3 Å². The third-order valence-corrected chi connectivity index (χ3v) is 3.91. The van der Waals surface area contributed by atoms with E-state index < -0.39 is 23.1 Å². The number of aldehydes is 2. The Morgan fingerprint density at radius 3 is 1.48 bits per heavy atom.